The summed E-state index contributed by atoms with van der Waals surface area (Å²) in [6.45, 7) is 4.32. The molecule has 0 radical (unpaired) electrons. The van der Waals surface area contributed by atoms with Crippen LogP contribution < -0.4 is 15.4 Å². The van der Waals surface area contributed by atoms with Gasteiger partial charge in [0.05, 0.1) is 18.4 Å². The van der Waals surface area contributed by atoms with E-state index in [2.05, 4.69) is 9.88 Å². The van der Waals surface area contributed by atoms with Crippen molar-refractivity contribution in [1.29, 1.82) is 0 Å². The summed E-state index contributed by atoms with van der Waals surface area (Å²) < 4.78 is 46.7. The molecule has 0 aliphatic carbocycles. The van der Waals surface area contributed by atoms with E-state index in [9.17, 15) is 18.0 Å². The molecule has 1 aromatic heterocycles. The quantitative estimate of drug-likeness (QED) is 0.506. The summed E-state index contributed by atoms with van der Waals surface area (Å²) in [7, 11) is 1.57. The zero-order valence-corrected chi connectivity index (χ0v) is 20.3. The zero-order chi connectivity index (χ0) is 25.9. The zero-order valence-electron chi connectivity index (χ0n) is 20.3. The van der Waals surface area contributed by atoms with Crippen LogP contribution in [0.2, 0.25) is 0 Å². The van der Waals surface area contributed by atoms with E-state index in [1.54, 1.807) is 38.3 Å². The fourth-order valence-corrected chi connectivity index (χ4v) is 4.48. The monoisotopic (exact) mass is 498 g/mol. The third-order valence-corrected chi connectivity index (χ3v) is 6.39. The van der Waals surface area contributed by atoms with Gasteiger partial charge in [-0.15, -0.1) is 0 Å². The van der Waals surface area contributed by atoms with Crippen molar-refractivity contribution in [3.8, 4) is 5.75 Å². The van der Waals surface area contributed by atoms with Crippen LogP contribution in [0, 0.1) is 0 Å². The number of hydrogen-bond donors (Lipinski definition) is 1. The number of nitrogens with two attached hydrogens (primary N) is 1. The Morgan fingerprint density at radius 3 is 2.42 bits per heavy atom. The van der Waals surface area contributed by atoms with Gasteiger partial charge >= 0.3 is 6.18 Å². The van der Waals surface area contributed by atoms with E-state index in [1.807, 2.05) is 23.1 Å². The Hall–Kier alpha value is -3.75. The number of pyridine rings is 1. The molecule has 36 heavy (non-hydrogen) atoms. The molecule has 0 bridgehead atoms. The highest BCUT2D eigenvalue weighted by Crippen LogP contribution is 2.34. The SMILES string of the molecule is COc1cc(N2CCN(C(C)=O)CC2)ccc1Cc1ccc(C(F)(F)F)c(Cc2cccc(N)c2)n1. The van der Waals surface area contributed by atoms with Gasteiger partial charge in [-0.3, -0.25) is 9.78 Å². The topological polar surface area (TPSA) is 71.7 Å². The van der Waals surface area contributed by atoms with Gasteiger partial charge in [-0.05, 0) is 35.9 Å². The van der Waals surface area contributed by atoms with Crippen molar-refractivity contribution in [3.63, 3.8) is 0 Å². The van der Waals surface area contributed by atoms with Crippen molar-refractivity contribution >= 4 is 17.3 Å². The maximum absolute atomic E-state index is 13.7. The van der Waals surface area contributed by atoms with Gasteiger partial charge in [0, 0.05) is 74.6 Å². The highest BCUT2D eigenvalue weighted by molar-refractivity contribution is 5.73. The van der Waals surface area contributed by atoms with Crippen molar-refractivity contribution in [2.45, 2.75) is 25.9 Å². The van der Waals surface area contributed by atoms with Gasteiger partial charge in [0.1, 0.15) is 5.75 Å². The van der Waals surface area contributed by atoms with E-state index in [1.165, 1.54) is 6.07 Å². The Balaban J connectivity index is 1.57. The Kier molecular flexibility index (Phi) is 7.37. The number of carbonyl (C=O) groups excluding carboxylic acids is 1. The van der Waals surface area contributed by atoms with E-state index < -0.39 is 11.7 Å². The molecule has 1 fully saturated rings. The lowest BCUT2D eigenvalue weighted by molar-refractivity contribution is -0.138. The molecule has 0 unspecified atom stereocenters. The molecule has 2 N–H and O–H groups in total. The summed E-state index contributed by atoms with van der Waals surface area (Å²) in [5, 5.41) is 0. The average molecular weight is 499 g/mol. The minimum absolute atomic E-state index is 0.0238. The first-order chi connectivity index (χ1) is 17.1. The number of piperazine rings is 1. The third-order valence-electron chi connectivity index (χ3n) is 6.39. The minimum atomic E-state index is -4.51. The standard InChI is InChI=1S/C27H29F3N4O2/c1-18(35)33-10-12-34(13-11-33)23-8-6-20(26(17-23)36-2)16-22-7-9-24(27(28,29)30)25(32-22)15-19-4-3-5-21(31)14-19/h3-9,14,17H,10-13,15-16,31H2,1-2H3. The van der Waals surface area contributed by atoms with Crippen molar-refractivity contribution in [3.05, 3.63) is 82.7 Å². The molecule has 0 saturated carbocycles. The summed E-state index contributed by atoms with van der Waals surface area (Å²) in [5.41, 5.74) is 8.49. The van der Waals surface area contributed by atoms with Gasteiger partial charge in [0.2, 0.25) is 5.91 Å². The molecule has 1 amide bonds. The van der Waals surface area contributed by atoms with Crippen LogP contribution in [0.25, 0.3) is 0 Å². The molecule has 6 nitrogen and oxygen atoms in total. The summed E-state index contributed by atoms with van der Waals surface area (Å²) in [4.78, 5) is 20.0. The van der Waals surface area contributed by atoms with E-state index >= 15 is 0 Å². The fraction of sp³-hybridized carbons (Fsp3) is 0.333. The summed E-state index contributed by atoms with van der Waals surface area (Å²) in [5.74, 6) is 0.710. The number of carbonyl (C=O) groups is 1. The highest BCUT2D eigenvalue weighted by Gasteiger charge is 2.34. The lowest BCUT2D eigenvalue weighted by atomic mass is 10.0. The summed E-state index contributed by atoms with van der Waals surface area (Å²) in [6.07, 6.45) is -4.16. The Labute approximate surface area is 208 Å². The average Bonchev–Trinajstić information content (AvgIpc) is 2.84. The maximum atomic E-state index is 13.7. The van der Waals surface area contributed by atoms with Crippen molar-refractivity contribution in [2.24, 2.45) is 0 Å². The molecular weight excluding hydrogens is 469 g/mol. The Morgan fingerprint density at radius 1 is 1.03 bits per heavy atom. The van der Waals surface area contributed by atoms with Crippen LogP contribution in [-0.2, 0) is 23.8 Å². The maximum Gasteiger partial charge on any atom is 0.418 e. The number of nitrogens with zero attached hydrogens (tertiary/aromatic N) is 3. The van der Waals surface area contributed by atoms with Gasteiger partial charge < -0.3 is 20.3 Å². The van der Waals surface area contributed by atoms with E-state index in [0.717, 1.165) is 30.4 Å². The highest BCUT2D eigenvalue weighted by atomic mass is 19.4. The molecule has 9 heteroatoms. The first-order valence-corrected chi connectivity index (χ1v) is 11.7. The van der Waals surface area contributed by atoms with Crippen LogP contribution in [0.5, 0.6) is 5.75 Å². The van der Waals surface area contributed by atoms with Gasteiger partial charge in [-0.1, -0.05) is 18.2 Å². The number of hydrogen-bond acceptors (Lipinski definition) is 5. The molecule has 0 atom stereocenters. The molecule has 4 rings (SSSR count). The second-order valence-corrected chi connectivity index (χ2v) is 8.88. The van der Waals surface area contributed by atoms with Gasteiger partial charge in [0.25, 0.3) is 0 Å². The van der Waals surface area contributed by atoms with Crippen molar-refractivity contribution in [2.75, 3.05) is 43.9 Å². The molecule has 0 spiro atoms. The van der Waals surface area contributed by atoms with Crippen LogP contribution >= 0.6 is 0 Å². The molecule has 2 aromatic carbocycles. The summed E-state index contributed by atoms with van der Waals surface area (Å²) in [6, 6.07) is 15.1. The lowest BCUT2D eigenvalue weighted by Crippen LogP contribution is -2.48. The Bertz CT molecular complexity index is 1240. The second-order valence-electron chi connectivity index (χ2n) is 8.88. The third kappa shape index (κ3) is 5.90. The number of amides is 1. The van der Waals surface area contributed by atoms with E-state index in [0.29, 0.717) is 42.2 Å². The first kappa shape index (κ1) is 25.3. The number of ether oxygens (including phenoxy) is 1. The number of benzene rings is 2. The second kappa shape index (κ2) is 10.5. The molecule has 1 aliphatic rings. The van der Waals surface area contributed by atoms with E-state index in [4.69, 9.17) is 10.5 Å². The molecular formula is C27H29F3N4O2. The van der Waals surface area contributed by atoms with Gasteiger partial charge in [-0.25, -0.2) is 0 Å². The number of anilines is 2. The van der Waals surface area contributed by atoms with Crippen LogP contribution in [0.3, 0.4) is 0 Å². The number of alkyl halides is 3. The first-order valence-electron chi connectivity index (χ1n) is 11.7. The van der Waals surface area contributed by atoms with Crippen molar-refractivity contribution < 1.29 is 22.7 Å². The van der Waals surface area contributed by atoms with Crippen LogP contribution in [0.1, 0.15) is 35.0 Å². The lowest BCUT2D eigenvalue weighted by Gasteiger charge is -2.35. The normalized spacial score (nSPS) is 14.1. The van der Waals surface area contributed by atoms with Crippen LogP contribution in [-0.4, -0.2) is 49.1 Å². The van der Waals surface area contributed by atoms with Crippen LogP contribution in [0.4, 0.5) is 24.5 Å². The van der Waals surface area contributed by atoms with Gasteiger partial charge in [0.15, 0.2) is 0 Å². The molecule has 1 saturated heterocycles. The predicted octanol–water partition coefficient (Wildman–Crippen LogP) is 4.54. The molecule has 2 heterocycles. The van der Waals surface area contributed by atoms with Crippen molar-refractivity contribution in [1.82, 2.24) is 9.88 Å². The van der Waals surface area contributed by atoms with Crippen LogP contribution in [0.15, 0.2) is 54.6 Å². The number of rotatable bonds is 6. The summed E-state index contributed by atoms with van der Waals surface area (Å²) >= 11 is 0. The number of aromatic nitrogens is 1. The molecule has 3 aromatic rings. The largest absolute Gasteiger partial charge is 0.496 e. The molecule has 190 valence electrons. The van der Waals surface area contributed by atoms with E-state index in [-0.39, 0.29) is 18.0 Å². The minimum Gasteiger partial charge on any atom is -0.496 e. The Morgan fingerprint density at radius 2 is 1.78 bits per heavy atom. The smallest absolute Gasteiger partial charge is 0.418 e. The number of halogens is 3. The predicted molar refractivity (Wildman–Crippen MR) is 133 cm³/mol. The number of nitrogen functional groups attached to an aromatic ring is 1. The van der Waals surface area contributed by atoms with Gasteiger partial charge in [-0.2, -0.15) is 13.2 Å². The fourth-order valence-electron chi connectivity index (χ4n) is 4.48. The molecule has 1 aliphatic heterocycles. The number of methoxy groups -OCH3 is 1.